The maximum atomic E-state index is 13.6. The average Bonchev–Trinajstić information content (AvgIpc) is 2.90. The number of ketones is 1. The number of carbonyl (C=O) groups excluding carboxylic acids is 1. The molecule has 4 nitrogen and oxygen atoms in total. The second-order valence-corrected chi connectivity index (χ2v) is 12.3. The van der Waals surface area contributed by atoms with Crippen LogP contribution in [0.25, 0.3) is 0 Å². The number of nitrogens with two attached hydrogens (primary N) is 1. The normalized spacial score (nSPS) is 17.5. The Morgan fingerprint density at radius 3 is 2.42 bits per heavy atom. The van der Waals surface area contributed by atoms with Gasteiger partial charge in [0.2, 0.25) is 0 Å². The van der Waals surface area contributed by atoms with Crippen molar-refractivity contribution in [3.8, 4) is 6.07 Å². The number of nitrogens with zero attached hydrogens (tertiary/aromatic N) is 2. The fourth-order valence-corrected chi connectivity index (χ4v) is 6.78. The van der Waals surface area contributed by atoms with Gasteiger partial charge in [-0.1, -0.05) is 29.8 Å². The van der Waals surface area contributed by atoms with Gasteiger partial charge in [-0.3, -0.25) is 9.69 Å². The van der Waals surface area contributed by atoms with Crippen molar-refractivity contribution in [1.82, 2.24) is 0 Å². The van der Waals surface area contributed by atoms with Crippen molar-refractivity contribution in [3.05, 3.63) is 115 Å². The number of nitriles is 1. The van der Waals surface area contributed by atoms with E-state index in [9.17, 15) is 10.1 Å². The van der Waals surface area contributed by atoms with Crippen molar-refractivity contribution in [2.24, 2.45) is 5.73 Å². The first-order valence-corrected chi connectivity index (χ1v) is 14.9. The fraction of sp³-hybridized carbons (Fsp3) is 0.250. The van der Waals surface area contributed by atoms with Crippen LogP contribution in [0.4, 0.5) is 5.69 Å². The van der Waals surface area contributed by atoms with E-state index >= 15 is 0 Å². The summed E-state index contributed by atoms with van der Waals surface area (Å²) >= 11 is 4.07. The minimum Gasteiger partial charge on any atom is -0.384 e. The molecular weight excluding hydrogens is 601 g/mol. The fourth-order valence-electron chi connectivity index (χ4n) is 5.46. The molecule has 0 spiro atoms. The molecule has 3 aromatic carbocycles. The molecular formula is C32H30IN3OS. The van der Waals surface area contributed by atoms with Gasteiger partial charge in [0.1, 0.15) is 5.82 Å². The van der Waals surface area contributed by atoms with E-state index in [4.69, 9.17) is 5.73 Å². The van der Waals surface area contributed by atoms with Crippen LogP contribution in [0.3, 0.4) is 0 Å². The van der Waals surface area contributed by atoms with Crippen molar-refractivity contribution in [1.29, 1.82) is 5.26 Å². The van der Waals surface area contributed by atoms with E-state index in [1.165, 1.54) is 21.6 Å². The van der Waals surface area contributed by atoms with Gasteiger partial charge in [0, 0.05) is 37.6 Å². The summed E-state index contributed by atoms with van der Waals surface area (Å²) in [6.07, 6.45) is 2.03. The number of rotatable bonds is 5. The minimum atomic E-state index is -0.452. The summed E-state index contributed by atoms with van der Waals surface area (Å²) in [7, 11) is 0. The van der Waals surface area contributed by atoms with Gasteiger partial charge in [-0.15, -0.1) is 11.8 Å². The van der Waals surface area contributed by atoms with Crippen LogP contribution in [-0.2, 0) is 10.5 Å². The summed E-state index contributed by atoms with van der Waals surface area (Å²) in [5.74, 6) is 0.891. The predicted molar refractivity (Wildman–Crippen MR) is 164 cm³/mol. The summed E-state index contributed by atoms with van der Waals surface area (Å²) in [5, 5.41) is 10.4. The number of hydrogen-bond acceptors (Lipinski definition) is 5. The van der Waals surface area contributed by atoms with Crippen molar-refractivity contribution in [2.45, 2.75) is 56.6 Å². The molecule has 1 aliphatic carbocycles. The number of anilines is 1. The second-order valence-electron chi connectivity index (χ2n) is 10.0. The molecule has 2 N–H and O–H groups in total. The standard InChI is InChI=1S/C32H30IN3OS/c1-19-7-13-25(14-8-19)38-18-22-16-26(21(3)15-20(22)2)30-27(17-34)32(35)36(24-11-9-23(33)10-12-24)28-5-4-6-29(37)31(28)30/h7-16,30H,4-6,18,35H2,1-3H3. The molecule has 2 aliphatic rings. The molecule has 192 valence electrons. The Morgan fingerprint density at radius 2 is 1.74 bits per heavy atom. The Hall–Kier alpha value is -3.02. The van der Waals surface area contributed by atoms with Gasteiger partial charge >= 0.3 is 0 Å². The van der Waals surface area contributed by atoms with Crippen LogP contribution < -0.4 is 10.6 Å². The number of Topliss-reactive ketones (excluding diaryl/α,β-unsaturated/α-hetero) is 1. The first kappa shape index (κ1) is 26.6. The van der Waals surface area contributed by atoms with E-state index in [1.54, 1.807) is 11.8 Å². The molecule has 38 heavy (non-hydrogen) atoms. The van der Waals surface area contributed by atoms with Crippen molar-refractivity contribution < 1.29 is 4.79 Å². The molecule has 3 aromatic rings. The van der Waals surface area contributed by atoms with Crippen molar-refractivity contribution in [2.75, 3.05) is 4.90 Å². The van der Waals surface area contributed by atoms with Crippen LogP contribution in [0.1, 0.15) is 53.0 Å². The number of halogens is 1. The Bertz CT molecular complexity index is 1510. The predicted octanol–water partition coefficient (Wildman–Crippen LogP) is 7.81. The van der Waals surface area contributed by atoms with E-state index in [-0.39, 0.29) is 5.78 Å². The van der Waals surface area contributed by atoms with Gasteiger partial charge in [0.25, 0.3) is 0 Å². The van der Waals surface area contributed by atoms with Crippen LogP contribution >= 0.6 is 34.4 Å². The highest BCUT2D eigenvalue weighted by Crippen LogP contribution is 2.47. The van der Waals surface area contributed by atoms with Crippen LogP contribution in [0.2, 0.25) is 0 Å². The lowest BCUT2D eigenvalue weighted by Crippen LogP contribution is -2.38. The number of benzene rings is 3. The summed E-state index contributed by atoms with van der Waals surface area (Å²) in [6.45, 7) is 6.30. The second kappa shape index (κ2) is 11.0. The minimum absolute atomic E-state index is 0.113. The molecule has 0 aromatic heterocycles. The average molecular weight is 632 g/mol. The van der Waals surface area contributed by atoms with E-state index in [0.717, 1.165) is 50.2 Å². The highest BCUT2D eigenvalue weighted by atomic mass is 127. The molecule has 0 amide bonds. The van der Waals surface area contributed by atoms with Gasteiger partial charge in [-0.05, 0) is 115 Å². The Labute approximate surface area is 242 Å². The molecule has 6 heteroatoms. The van der Waals surface area contributed by atoms with Gasteiger partial charge in [0.05, 0.1) is 17.6 Å². The summed E-state index contributed by atoms with van der Waals surface area (Å²) < 4.78 is 1.12. The third-order valence-electron chi connectivity index (χ3n) is 7.45. The summed E-state index contributed by atoms with van der Waals surface area (Å²) in [6, 6.07) is 23.4. The molecule has 0 radical (unpaired) electrons. The zero-order chi connectivity index (χ0) is 27.0. The Morgan fingerprint density at radius 1 is 1.03 bits per heavy atom. The number of hydrogen-bond donors (Lipinski definition) is 1. The molecule has 1 unspecified atom stereocenters. The van der Waals surface area contributed by atoms with E-state index < -0.39 is 5.92 Å². The number of allylic oxidation sites excluding steroid dienone is 3. The zero-order valence-electron chi connectivity index (χ0n) is 21.8. The van der Waals surface area contributed by atoms with Crippen LogP contribution in [-0.4, -0.2) is 5.78 Å². The van der Waals surface area contributed by atoms with Crippen LogP contribution in [0.5, 0.6) is 0 Å². The highest BCUT2D eigenvalue weighted by Gasteiger charge is 2.41. The van der Waals surface area contributed by atoms with Gasteiger partial charge in [0.15, 0.2) is 5.78 Å². The largest absolute Gasteiger partial charge is 0.384 e. The van der Waals surface area contributed by atoms with Gasteiger partial charge in [-0.25, -0.2) is 0 Å². The molecule has 0 fully saturated rings. The van der Waals surface area contributed by atoms with E-state index in [0.29, 0.717) is 17.8 Å². The smallest absolute Gasteiger partial charge is 0.161 e. The van der Waals surface area contributed by atoms with E-state index in [2.05, 4.69) is 85.8 Å². The quantitative estimate of drug-likeness (QED) is 0.230. The van der Waals surface area contributed by atoms with Gasteiger partial charge in [-0.2, -0.15) is 5.26 Å². The maximum Gasteiger partial charge on any atom is 0.161 e. The summed E-state index contributed by atoms with van der Waals surface area (Å²) in [4.78, 5) is 16.7. The topological polar surface area (TPSA) is 70.1 Å². The molecule has 1 atom stereocenters. The molecule has 0 bridgehead atoms. The van der Waals surface area contributed by atoms with Gasteiger partial charge < -0.3 is 5.73 Å². The summed E-state index contributed by atoms with van der Waals surface area (Å²) in [5.41, 5.74) is 15.5. The highest BCUT2D eigenvalue weighted by molar-refractivity contribution is 14.1. The van der Waals surface area contributed by atoms with Crippen molar-refractivity contribution >= 4 is 45.8 Å². The lowest BCUT2D eigenvalue weighted by molar-refractivity contribution is -0.116. The van der Waals surface area contributed by atoms with E-state index in [1.807, 2.05) is 29.2 Å². The van der Waals surface area contributed by atoms with Crippen LogP contribution in [0, 0.1) is 35.7 Å². The first-order valence-electron chi connectivity index (χ1n) is 12.8. The maximum absolute atomic E-state index is 13.6. The SMILES string of the molecule is Cc1ccc(SCc2cc(C3C(C#N)=C(N)N(c4ccc(I)cc4)C4=C3C(=O)CCC4)c(C)cc2C)cc1. The molecule has 1 aliphatic heterocycles. The Kier molecular flexibility index (Phi) is 7.69. The third kappa shape index (κ3) is 5.02. The number of aryl methyl sites for hydroxylation is 3. The molecule has 1 heterocycles. The molecule has 0 saturated carbocycles. The van der Waals surface area contributed by atoms with Crippen molar-refractivity contribution in [3.63, 3.8) is 0 Å². The van der Waals surface area contributed by atoms with Crippen LogP contribution in [0.15, 0.2) is 88.2 Å². The lowest BCUT2D eigenvalue weighted by Gasteiger charge is -2.40. The molecule has 5 rings (SSSR count). The lowest BCUT2D eigenvalue weighted by atomic mass is 9.74. The zero-order valence-corrected chi connectivity index (χ0v) is 24.8. The third-order valence-corrected chi connectivity index (χ3v) is 9.23. The number of thioether (sulfide) groups is 1. The number of carbonyl (C=O) groups is 1. The monoisotopic (exact) mass is 631 g/mol. The first-order chi connectivity index (χ1) is 18.3. The Balaban J connectivity index is 1.61. The molecule has 0 saturated heterocycles.